The van der Waals surface area contributed by atoms with Gasteiger partial charge in [-0.15, -0.1) is 0 Å². The molecule has 2 aliphatic carbocycles. The molecule has 264 valence electrons. The van der Waals surface area contributed by atoms with Crippen LogP contribution in [0.1, 0.15) is 22.3 Å². The zero-order chi connectivity index (χ0) is 37.5. The summed E-state index contributed by atoms with van der Waals surface area (Å²) in [6, 6.07) is 81.4. The second kappa shape index (κ2) is 12.4. The molecular weight excluding hydrogens is 685 g/mol. The number of hydrogen-bond donors (Lipinski definition) is 0. The van der Waals surface area contributed by atoms with Crippen LogP contribution in [0.5, 0.6) is 0 Å². The summed E-state index contributed by atoms with van der Waals surface area (Å²) in [5.74, 6) is 0. The maximum atomic E-state index is 2.59. The molecular formula is C57H36. The Bertz CT molecular complexity index is 3180. The predicted molar refractivity (Wildman–Crippen MR) is 239 cm³/mol. The first-order valence-corrected chi connectivity index (χ1v) is 19.9. The van der Waals surface area contributed by atoms with E-state index in [0.29, 0.717) is 0 Å². The maximum absolute atomic E-state index is 2.59. The van der Waals surface area contributed by atoms with Crippen LogP contribution in [-0.2, 0) is 5.41 Å². The van der Waals surface area contributed by atoms with E-state index in [4.69, 9.17) is 0 Å². The zero-order valence-corrected chi connectivity index (χ0v) is 31.3. The van der Waals surface area contributed by atoms with Gasteiger partial charge in [-0.2, -0.15) is 0 Å². The molecule has 0 bridgehead atoms. The van der Waals surface area contributed by atoms with Crippen LogP contribution in [0.25, 0.3) is 88.3 Å². The lowest BCUT2D eigenvalue weighted by Gasteiger charge is -2.31. The molecule has 10 aromatic rings. The van der Waals surface area contributed by atoms with Gasteiger partial charge in [-0.1, -0.05) is 194 Å². The Morgan fingerprint density at radius 3 is 1.07 bits per heavy atom. The van der Waals surface area contributed by atoms with Crippen molar-refractivity contribution in [2.45, 2.75) is 5.41 Å². The third-order valence-corrected chi connectivity index (χ3v) is 12.7. The Labute approximate surface area is 333 Å². The summed E-state index contributed by atoms with van der Waals surface area (Å²) in [6.45, 7) is 0. The lowest BCUT2D eigenvalue weighted by Crippen LogP contribution is -2.25. The first-order chi connectivity index (χ1) is 28.3. The van der Waals surface area contributed by atoms with Gasteiger partial charge in [-0.25, -0.2) is 0 Å². The van der Waals surface area contributed by atoms with Crippen molar-refractivity contribution in [3.63, 3.8) is 0 Å². The number of hydrogen-bond acceptors (Lipinski definition) is 0. The van der Waals surface area contributed by atoms with Crippen molar-refractivity contribution in [3.8, 4) is 66.8 Å². The minimum absolute atomic E-state index is 0.435. The molecule has 0 saturated heterocycles. The average molecular weight is 721 g/mol. The van der Waals surface area contributed by atoms with Gasteiger partial charge in [0, 0.05) is 0 Å². The highest BCUT2D eigenvalue weighted by atomic mass is 14.5. The van der Waals surface area contributed by atoms with Crippen LogP contribution < -0.4 is 0 Å². The third-order valence-electron chi connectivity index (χ3n) is 12.7. The van der Waals surface area contributed by atoms with E-state index >= 15 is 0 Å². The molecule has 1 spiro atoms. The second-order valence-corrected chi connectivity index (χ2v) is 15.5. The van der Waals surface area contributed by atoms with Crippen molar-refractivity contribution in [1.82, 2.24) is 0 Å². The molecule has 10 aromatic carbocycles. The quantitative estimate of drug-likeness (QED) is 0.159. The monoisotopic (exact) mass is 720 g/mol. The van der Waals surface area contributed by atoms with E-state index in [1.165, 1.54) is 111 Å². The van der Waals surface area contributed by atoms with Crippen LogP contribution >= 0.6 is 0 Å². The summed E-state index contributed by atoms with van der Waals surface area (Å²) >= 11 is 0. The fourth-order valence-electron chi connectivity index (χ4n) is 10.4. The Kier molecular flexibility index (Phi) is 6.94. The van der Waals surface area contributed by atoms with Crippen molar-refractivity contribution in [1.29, 1.82) is 0 Å². The molecule has 0 N–H and O–H groups in total. The van der Waals surface area contributed by atoms with Gasteiger partial charge in [0.05, 0.1) is 5.41 Å². The molecule has 0 atom stereocenters. The fraction of sp³-hybridized carbons (Fsp3) is 0.0175. The summed E-state index contributed by atoms with van der Waals surface area (Å²) in [6.07, 6.45) is 0. The molecule has 0 saturated carbocycles. The fourth-order valence-corrected chi connectivity index (χ4v) is 10.4. The molecule has 0 fully saturated rings. The predicted octanol–water partition coefficient (Wildman–Crippen LogP) is 15.0. The van der Waals surface area contributed by atoms with Crippen molar-refractivity contribution in [2.75, 3.05) is 0 Å². The van der Waals surface area contributed by atoms with E-state index in [9.17, 15) is 0 Å². The second-order valence-electron chi connectivity index (χ2n) is 15.5. The van der Waals surface area contributed by atoms with Crippen LogP contribution in [0.4, 0.5) is 0 Å². The molecule has 0 amide bonds. The minimum atomic E-state index is -0.435. The number of fused-ring (bicyclic) bond motifs is 12. The summed E-state index contributed by atoms with van der Waals surface area (Å²) in [4.78, 5) is 0. The Morgan fingerprint density at radius 1 is 0.211 bits per heavy atom. The molecule has 0 nitrogen and oxygen atoms in total. The van der Waals surface area contributed by atoms with Gasteiger partial charge in [0.25, 0.3) is 0 Å². The standard InChI is InChI=1S/C57H36/c1-3-17-37(18-4-1)39-21-15-23-41(33-39)55-46-28-7-8-29-47(46)56(42-24-16-22-40(34-42)38-19-5-2-6-20-38)50-36-54-48(35-49(50)55)45-27-11-14-32-53(45)57(54)51-30-12-9-25-43(51)44-26-10-13-31-52(44)57/h1-36H. The highest BCUT2D eigenvalue weighted by Crippen LogP contribution is 2.64. The van der Waals surface area contributed by atoms with E-state index in [1.54, 1.807) is 0 Å². The topological polar surface area (TPSA) is 0 Å². The molecule has 0 aromatic heterocycles. The van der Waals surface area contributed by atoms with Crippen LogP contribution in [0.15, 0.2) is 218 Å². The van der Waals surface area contributed by atoms with Crippen LogP contribution in [0.3, 0.4) is 0 Å². The van der Waals surface area contributed by atoms with Gasteiger partial charge in [0.1, 0.15) is 0 Å². The van der Waals surface area contributed by atoms with Gasteiger partial charge in [0.15, 0.2) is 0 Å². The van der Waals surface area contributed by atoms with Gasteiger partial charge in [-0.3, -0.25) is 0 Å². The number of rotatable bonds is 4. The van der Waals surface area contributed by atoms with Gasteiger partial charge >= 0.3 is 0 Å². The zero-order valence-electron chi connectivity index (χ0n) is 31.3. The Morgan fingerprint density at radius 2 is 0.579 bits per heavy atom. The van der Waals surface area contributed by atoms with Crippen LogP contribution in [0.2, 0.25) is 0 Å². The van der Waals surface area contributed by atoms with Gasteiger partial charge < -0.3 is 0 Å². The van der Waals surface area contributed by atoms with Crippen molar-refractivity contribution in [2.24, 2.45) is 0 Å². The summed E-state index contributed by atoms with van der Waals surface area (Å²) in [5, 5.41) is 5.05. The summed E-state index contributed by atoms with van der Waals surface area (Å²) < 4.78 is 0. The first-order valence-electron chi connectivity index (χ1n) is 19.9. The summed E-state index contributed by atoms with van der Waals surface area (Å²) in [7, 11) is 0. The first kappa shape index (κ1) is 32.0. The molecule has 0 heteroatoms. The number of benzene rings is 10. The largest absolute Gasteiger partial charge is 0.0725 e. The van der Waals surface area contributed by atoms with E-state index in [0.717, 1.165) is 0 Å². The van der Waals surface area contributed by atoms with Crippen LogP contribution in [0, 0.1) is 0 Å². The highest BCUT2D eigenvalue weighted by molar-refractivity contribution is 6.23. The van der Waals surface area contributed by atoms with E-state index in [2.05, 4.69) is 218 Å². The van der Waals surface area contributed by atoms with Gasteiger partial charge in [-0.05, 0) is 135 Å². The average Bonchev–Trinajstić information content (AvgIpc) is 3.75. The SMILES string of the molecule is c1ccc(-c2cccc(-c3c4ccccc4c(-c4cccc(-c5ccccc5)c4)c4cc5c(cc34)-c3ccccc3C53c4ccccc4-c4ccccc43)c2)cc1. The van der Waals surface area contributed by atoms with E-state index < -0.39 is 5.41 Å². The highest BCUT2D eigenvalue weighted by Gasteiger charge is 2.51. The molecule has 0 aliphatic heterocycles. The molecule has 12 rings (SSSR count). The summed E-state index contributed by atoms with van der Waals surface area (Å²) in [5.41, 5.74) is 20.1. The normalized spacial score (nSPS) is 13.1. The smallest absolute Gasteiger partial charge is 0.0622 e. The molecule has 0 radical (unpaired) electrons. The van der Waals surface area contributed by atoms with E-state index in [-0.39, 0.29) is 0 Å². The lowest BCUT2D eigenvalue weighted by molar-refractivity contribution is 0.795. The minimum Gasteiger partial charge on any atom is -0.0622 e. The Balaban J connectivity index is 1.25. The van der Waals surface area contributed by atoms with Crippen molar-refractivity contribution < 1.29 is 0 Å². The molecule has 0 heterocycles. The Hall–Kier alpha value is -7.28. The lowest BCUT2D eigenvalue weighted by atomic mass is 9.70. The van der Waals surface area contributed by atoms with E-state index in [1.807, 2.05) is 0 Å². The van der Waals surface area contributed by atoms with Crippen molar-refractivity contribution in [3.05, 3.63) is 241 Å². The molecule has 57 heavy (non-hydrogen) atoms. The van der Waals surface area contributed by atoms with Crippen LogP contribution in [-0.4, -0.2) is 0 Å². The van der Waals surface area contributed by atoms with Crippen molar-refractivity contribution >= 4 is 21.5 Å². The molecule has 2 aliphatic rings. The maximum Gasteiger partial charge on any atom is 0.0725 e. The third kappa shape index (κ3) is 4.56. The van der Waals surface area contributed by atoms with Gasteiger partial charge in [0.2, 0.25) is 0 Å². The molecule has 0 unspecified atom stereocenters.